The molecule has 0 fully saturated rings. The van der Waals surface area contributed by atoms with Gasteiger partial charge in [-0.05, 0) is 24.6 Å². The van der Waals surface area contributed by atoms with E-state index in [1.807, 2.05) is 25.1 Å². The van der Waals surface area contributed by atoms with Gasteiger partial charge in [-0.25, -0.2) is 4.98 Å². The van der Waals surface area contributed by atoms with Crippen molar-refractivity contribution >= 4 is 0 Å². The molecule has 2 rings (SSSR count). The van der Waals surface area contributed by atoms with E-state index in [2.05, 4.69) is 9.97 Å². The molecule has 2 N–H and O–H groups in total. The maximum Gasteiger partial charge on any atom is 0.219 e. The van der Waals surface area contributed by atoms with Gasteiger partial charge in [0.15, 0.2) is 0 Å². The molecular formula is C12H13N3O. The van der Waals surface area contributed by atoms with Gasteiger partial charge in [-0.2, -0.15) is 0 Å². The number of nitrogens with two attached hydrogens (primary N) is 1. The fraction of sp³-hybridized carbons (Fsp3) is 0.167. The summed E-state index contributed by atoms with van der Waals surface area (Å²) in [5.74, 6) is 1.21. The third-order valence-electron chi connectivity index (χ3n) is 2.14. The first-order valence-electron chi connectivity index (χ1n) is 5.05. The molecule has 0 amide bonds. The fourth-order valence-corrected chi connectivity index (χ4v) is 1.25. The minimum absolute atomic E-state index is 0.0139. The van der Waals surface area contributed by atoms with E-state index in [4.69, 9.17) is 10.5 Å². The van der Waals surface area contributed by atoms with E-state index in [1.165, 1.54) is 0 Å². The molecule has 2 aromatic heterocycles. The second kappa shape index (κ2) is 4.72. The lowest BCUT2D eigenvalue weighted by atomic mass is 10.2. The van der Waals surface area contributed by atoms with Crippen LogP contribution < -0.4 is 10.5 Å². The van der Waals surface area contributed by atoms with Gasteiger partial charge in [0.1, 0.15) is 5.75 Å². The van der Waals surface area contributed by atoms with Gasteiger partial charge in [0, 0.05) is 24.5 Å². The molecule has 0 aromatic carbocycles. The second-order valence-electron chi connectivity index (χ2n) is 3.51. The highest BCUT2D eigenvalue weighted by Gasteiger charge is 2.01. The fourth-order valence-electron chi connectivity index (χ4n) is 1.25. The lowest BCUT2D eigenvalue weighted by Crippen LogP contribution is -2.05. The molecule has 16 heavy (non-hydrogen) atoms. The van der Waals surface area contributed by atoms with Gasteiger partial charge in [-0.15, -0.1) is 0 Å². The Bertz CT molecular complexity index is 440. The molecule has 0 saturated heterocycles. The summed E-state index contributed by atoms with van der Waals surface area (Å²) in [7, 11) is 0. The molecule has 4 nitrogen and oxygen atoms in total. The quantitative estimate of drug-likeness (QED) is 0.853. The van der Waals surface area contributed by atoms with Crippen LogP contribution in [0.5, 0.6) is 11.6 Å². The van der Waals surface area contributed by atoms with Crippen molar-refractivity contribution in [3.05, 3.63) is 48.4 Å². The predicted octanol–water partition coefficient (Wildman–Crippen LogP) is 2.29. The van der Waals surface area contributed by atoms with E-state index in [1.54, 1.807) is 24.7 Å². The third-order valence-corrected chi connectivity index (χ3v) is 2.14. The Morgan fingerprint density at radius 2 is 2.12 bits per heavy atom. The van der Waals surface area contributed by atoms with Gasteiger partial charge >= 0.3 is 0 Å². The van der Waals surface area contributed by atoms with Crippen LogP contribution in [-0.4, -0.2) is 9.97 Å². The van der Waals surface area contributed by atoms with Crippen LogP contribution in [0.4, 0.5) is 0 Å². The van der Waals surface area contributed by atoms with Crippen LogP contribution in [0.2, 0.25) is 0 Å². The van der Waals surface area contributed by atoms with Crippen molar-refractivity contribution in [3.8, 4) is 11.6 Å². The summed E-state index contributed by atoms with van der Waals surface area (Å²) in [4.78, 5) is 8.12. The molecule has 0 spiro atoms. The van der Waals surface area contributed by atoms with Crippen molar-refractivity contribution < 1.29 is 4.74 Å². The van der Waals surface area contributed by atoms with Crippen molar-refractivity contribution in [1.29, 1.82) is 0 Å². The smallest absolute Gasteiger partial charge is 0.219 e. The SMILES string of the molecule is C[C@H](N)c1ccc(Oc2cccnc2)nc1. The average Bonchev–Trinajstić information content (AvgIpc) is 2.31. The minimum atomic E-state index is -0.0139. The van der Waals surface area contributed by atoms with Crippen LogP contribution in [0, 0.1) is 0 Å². The summed E-state index contributed by atoms with van der Waals surface area (Å²) in [5.41, 5.74) is 6.71. The van der Waals surface area contributed by atoms with Crippen molar-refractivity contribution in [2.24, 2.45) is 5.73 Å². The summed E-state index contributed by atoms with van der Waals surface area (Å²) in [6, 6.07) is 7.33. The summed E-state index contributed by atoms with van der Waals surface area (Å²) in [5, 5.41) is 0. The zero-order chi connectivity index (χ0) is 11.4. The molecule has 1 atom stereocenters. The van der Waals surface area contributed by atoms with Crippen molar-refractivity contribution in [3.63, 3.8) is 0 Å². The van der Waals surface area contributed by atoms with Crippen LogP contribution in [0.25, 0.3) is 0 Å². The summed E-state index contributed by atoms with van der Waals surface area (Å²) in [6.07, 6.45) is 5.05. The molecule has 0 bridgehead atoms. The van der Waals surface area contributed by atoms with Gasteiger partial charge in [-0.3, -0.25) is 4.98 Å². The monoisotopic (exact) mass is 215 g/mol. The van der Waals surface area contributed by atoms with Gasteiger partial charge in [0.25, 0.3) is 0 Å². The first kappa shape index (κ1) is 10.6. The van der Waals surface area contributed by atoms with Crippen LogP contribution in [0.3, 0.4) is 0 Å². The Labute approximate surface area is 94.1 Å². The Morgan fingerprint density at radius 1 is 1.25 bits per heavy atom. The maximum atomic E-state index is 5.73. The molecule has 4 heteroatoms. The van der Waals surface area contributed by atoms with E-state index in [0.29, 0.717) is 11.6 Å². The normalized spacial score (nSPS) is 12.1. The minimum Gasteiger partial charge on any atom is -0.437 e. The van der Waals surface area contributed by atoms with Crippen LogP contribution in [0.15, 0.2) is 42.9 Å². The molecule has 0 saturated carbocycles. The first-order chi connectivity index (χ1) is 7.75. The van der Waals surface area contributed by atoms with Gasteiger partial charge in [0.2, 0.25) is 5.88 Å². The highest BCUT2D eigenvalue weighted by Crippen LogP contribution is 2.18. The number of aromatic nitrogens is 2. The number of ether oxygens (including phenoxy) is 1. The molecule has 82 valence electrons. The zero-order valence-corrected chi connectivity index (χ0v) is 9.00. The van der Waals surface area contributed by atoms with Gasteiger partial charge in [-0.1, -0.05) is 6.07 Å². The van der Waals surface area contributed by atoms with E-state index in [9.17, 15) is 0 Å². The molecular weight excluding hydrogens is 202 g/mol. The van der Waals surface area contributed by atoms with Crippen molar-refractivity contribution in [2.75, 3.05) is 0 Å². The van der Waals surface area contributed by atoms with Gasteiger partial charge < -0.3 is 10.5 Å². The number of rotatable bonds is 3. The number of hydrogen-bond acceptors (Lipinski definition) is 4. The summed E-state index contributed by atoms with van der Waals surface area (Å²) in [6.45, 7) is 1.92. The lowest BCUT2D eigenvalue weighted by Gasteiger charge is -2.07. The Balaban J connectivity index is 2.11. The first-order valence-corrected chi connectivity index (χ1v) is 5.05. The highest BCUT2D eigenvalue weighted by atomic mass is 16.5. The van der Waals surface area contributed by atoms with E-state index in [0.717, 1.165) is 5.56 Å². The average molecular weight is 215 g/mol. The third kappa shape index (κ3) is 2.55. The zero-order valence-electron chi connectivity index (χ0n) is 9.00. The molecule has 0 aliphatic heterocycles. The standard InChI is InChI=1S/C12H13N3O/c1-9(13)10-4-5-12(15-7-10)16-11-3-2-6-14-8-11/h2-9H,13H2,1H3/t9-/m0/s1. The molecule has 2 heterocycles. The van der Waals surface area contributed by atoms with E-state index < -0.39 is 0 Å². The topological polar surface area (TPSA) is 61.0 Å². The van der Waals surface area contributed by atoms with Crippen LogP contribution >= 0.6 is 0 Å². The van der Waals surface area contributed by atoms with E-state index in [-0.39, 0.29) is 6.04 Å². The number of pyridine rings is 2. The van der Waals surface area contributed by atoms with Crippen LogP contribution in [0.1, 0.15) is 18.5 Å². The Hall–Kier alpha value is -1.94. The molecule has 0 radical (unpaired) electrons. The van der Waals surface area contributed by atoms with E-state index >= 15 is 0 Å². The second-order valence-corrected chi connectivity index (χ2v) is 3.51. The molecule has 0 aliphatic carbocycles. The number of nitrogens with zero attached hydrogens (tertiary/aromatic N) is 2. The van der Waals surface area contributed by atoms with Crippen LogP contribution in [-0.2, 0) is 0 Å². The predicted molar refractivity (Wildman–Crippen MR) is 61.2 cm³/mol. The Morgan fingerprint density at radius 3 is 2.69 bits per heavy atom. The largest absolute Gasteiger partial charge is 0.437 e. The van der Waals surface area contributed by atoms with Gasteiger partial charge in [0.05, 0.1) is 6.20 Å². The molecule has 2 aromatic rings. The molecule has 0 unspecified atom stereocenters. The Kier molecular flexibility index (Phi) is 3.12. The molecule has 0 aliphatic rings. The highest BCUT2D eigenvalue weighted by molar-refractivity contribution is 5.25. The van der Waals surface area contributed by atoms with Crippen molar-refractivity contribution in [1.82, 2.24) is 9.97 Å². The number of hydrogen-bond donors (Lipinski definition) is 1. The summed E-state index contributed by atoms with van der Waals surface area (Å²) < 4.78 is 5.50. The van der Waals surface area contributed by atoms with Crippen molar-refractivity contribution in [2.45, 2.75) is 13.0 Å². The lowest BCUT2D eigenvalue weighted by molar-refractivity contribution is 0.460. The summed E-state index contributed by atoms with van der Waals surface area (Å²) >= 11 is 0. The maximum absolute atomic E-state index is 5.73.